The average Bonchev–Trinajstić information content (AvgIpc) is 3.30. The van der Waals surface area contributed by atoms with Crippen molar-refractivity contribution in [3.05, 3.63) is 52.8 Å². The Balaban J connectivity index is 1.63. The number of morpholine rings is 1. The number of carbonyl (C=O) groups excluding carboxylic acids is 1. The number of hydrogen-bond acceptors (Lipinski definition) is 5. The number of hydrogen-bond donors (Lipinski definition) is 1. The first-order valence-electron chi connectivity index (χ1n) is 10.1. The van der Waals surface area contributed by atoms with Crippen LogP contribution in [0.15, 0.2) is 41.3 Å². The van der Waals surface area contributed by atoms with Crippen molar-refractivity contribution >= 4 is 38.9 Å². The van der Waals surface area contributed by atoms with Crippen molar-refractivity contribution in [3.63, 3.8) is 0 Å². The molecule has 1 N–H and O–H groups in total. The summed E-state index contributed by atoms with van der Waals surface area (Å²) < 4.78 is 47.1. The number of carbonyl (C=O) groups is 1. The summed E-state index contributed by atoms with van der Waals surface area (Å²) in [7, 11) is -3.89. The third kappa shape index (κ3) is 4.55. The number of rotatable bonds is 5. The molecule has 2 heterocycles. The van der Waals surface area contributed by atoms with Gasteiger partial charge in [0.25, 0.3) is 5.91 Å². The van der Waals surface area contributed by atoms with Crippen LogP contribution in [-0.2, 0) is 14.8 Å². The first-order valence-corrected chi connectivity index (χ1v) is 11.9. The smallest absolute Gasteiger partial charge is 0.255 e. The van der Waals surface area contributed by atoms with Gasteiger partial charge in [-0.3, -0.25) is 4.79 Å². The molecule has 2 saturated heterocycles. The van der Waals surface area contributed by atoms with Crippen LogP contribution >= 0.6 is 11.6 Å². The molecule has 10 heteroatoms. The number of amides is 1. The molecule has 0 unspecified atom stereocenters. The van der Waals surface area contributed by atoms with Crippen molar-refractivity contribution in [1.29, 1.82) is 0 Å². The van der Waals surface area contributed by atoms with Gasteiger partial charge in [0.1, 0.15) is 16.4 Å². The number of para-hydroxylation sites is 1. The molecule has 2 aliphatic heterocycles. The van der Waals surface area contributed by atoms with Crippen LogP contribution in [0.4, 0.5) is 15.8 Å². The highest BCUT2D eigenvalue weighted by atomic mass is 35.5. The summed E-state index contributed by atoms with van der Waals surface area (Å²) in [4.78, 5) is 14.8. The Morgan fingerprint density at radius 3 is 2.48 bits per heavy atom. The van der Waals surface area contributed by atoms with Gasteiger partial charge in [0.15, 0.2) is 0 Å². The van der Waals surface area contributed by atoms with Crippen molar-refractivity contribution in [3.8, 4) is 0 Å². The largest absolute Gasteiger partial charge is 0.379 e. The average molecular weight is 468 g/mol. The molecule has 0 bridgehead atoms. The van der Waals surface area contributed by atoms with E-state index in [2.05, 4.69) is 5.32 Å². The molecular weight excluding hydrogens is 445 g/mol. The summed E-state index contributed by atoms with van der Waals surface area (Å²) >= 11 is 6.17. The maximum atomic E-state index is 14.6. The third-order valence-electron chi connectivity index (χ3n) is 5.46. The molecule has 2 fully saturated rings. The molecule has 4 rings (SSSR count). The highest BCUT2D eigenvalue weighted by Crippen LogP contribution is 2.32. The van der Waals surface area contributed by atoms with E-state index in [4.69, 9.17) is 16.3 Å². The van der Waals surface area contributed by atoms with Gasteiger partial charge in [0, 0.05) is 31.7 Å². The van der Waals surface area contributed by atoms with Crippen LogP contribution in [0.5, 0.6) is 0 Å². The molecular formula is C21H23ClFN3O4S. The van der Waals surface area contributed by atoms with Crippen LogP contribution in [0, 0.1) is 5.82 Å². The van der Waals surface area contributed by atoms with Crippen molar-refractivity contribution in [1.82, 2.24) is 4.31 Å². The van der Waals surface area contributed by atoms with E-state index in [9.17, 15) is 17.6 Å². The van der Waals surface area contributed by atoms with Gasteiger partial charge in [0.2, 0.25) is 10.0 Å². The minimum absolute atomic E-state index is 0.0201. The lowest BCUT2D eigenvalue weighted by Gasteiger charge is -2.26. The number of nitrogens with one attached hydrogen (secondary N) is 1. The summed E-state index contributed by atoms with van der Waals surface area (Å²) in [5.74, 6) is -1.16. The molecule has 0 spiro atoms. The molecule has 0 aliphatic carbocycles. The standard InChI is InChI=1S/C21H23ClFN3O4S/c22-16-7-6-15(14-19(16)31(28,29)26-10-12-30-13-11-26)21(27)24-20-17(23)4-3-5-18(20)25-8-1-2-9-25/h3-7,14H,1-2,8-13H2,(H,24,27). The topological polar surface area (TPSA) is 79.0 Å². The molecule has 1 amide bonds. The van der Waals surface area contributed by atoms with E-state index in [-0.39, 0.29) is 34.3 Å². The fourth-order valence-corrected chi connectivity index (χ4v) is 5.72. The van der Waals surface area contributed by atoms with Crippen LogP contribution in [0.25, 0.3) is 0 Å². The Hall–Kier alpha value is -2.20. The molecule has 31 heavy (non-hydrogen) atoms. The second-order valence-corrected chi connectivity index (χ2v) is 9.76. The van der Waals surface area contributed by atoms with Gasteiger partial charge < -0.3 is 15.0 Å². The second-order valence-electron chi connectivity index (χ2n) is 7.44. The molecule has 0 saturated carbocycles. The van der Waals surface area contributed by atoms with Crippen LogP contribution < -0.4 is 10.2 Å². The number of benzene rings is 2. The zero-order valence-electron chi connectivity index (χ0n) is 16.8. The maximum Gasteiger partial charge on any atom is 0.255 e. The number of nitrogens with zero attached hydrogens (tertiary/aromatic N) is 2. The van der Waals surface area contributed by atoms with Crippen molar-refractivity contribution < 1.29 is 22.3 Å². The first-order chi connectivity index (χ1) is 14.9. The van der Waals surface area contributed by atoms with Gasteiger partial charge in [0.05, 0.1) is 23.9 Å². The Labute approximate surface area is 185 Å². The first kappa shape index (κ1) is 22.0. The molecule has 0 atom stereocenters. The van der Waals surface area contributed by atoms with Gasteiger partial charge in [-0.1, -0.05) is 17.7 Å². The molecule has 166 valence electrons. The number of halogens is 2. The summed E-state index contributed by atoms with van der Waals surface area (Å²) in [5.41, 5.74) is 0.773. The van der Waals surface area contributed by atoms with Crippen LogP contribution in [0.1, 0.15) is 23.2 Å². The highest BCUT2D eigenvalue weighted by molar-refractivity contribution is 7.89. The lowest BCUT2D eigenvalue weighted by Crippen LogP contribution is -2.40. The monoisotopic (exact) mass is 467 g/mol. The molecule has 0 aromatic heterocycles. The zero-order chi connectivity index (χ0) is 22.0. The quantitative estimate of drug-likeness (QED) is 0.729. The lowest BCUT2D eigenvalue weighted by atomic mass is 10.2. The van der Waals surface area contributed by atoms with Crippen LogP contribution in [-0.4, -0.2) is 58.0 Å². The predicted molar refractivity (Wildman–Crippen MR) is 117 cm³/mol. The van der Waals surface area contributed by atoms with Gasteiger partial charge in [-0.2, -0.15) is 4.31 Å². The predicted octanol–water partition coefficient (Wildman–Crippen LogP) is 3.35. The minimum Gasteiger partial charge on any atom is -0.379 e. The Morgan fingerprint density at radius 1 is 1.06 bits per heavy atom. The van der Waals surface area contributed by atoms with E-state index in [1.54, 1.807) is 12.1 Å². The van der Waals surface area contributed by atoms with Gasteiger partial charge in [-0.15, -0.1) is 0 Å². The van der Waals surface area contributed by atoms with Crippen LogP contribution in [0.3, 0.4) is 0 Å². The van der Waals surface area contributed by atoms with Crippen molar-refractivity contribution in [2.45, 2.75) is 17.7 Å². The number of anilines is 2. The maximum absolute atomic E-state index is 14.6. The molecule has 2 aliphatic rings. The van der Waals surface area contributed by atoms with Crippen molar-refractivity contribution in [2.24, 2.45) is 0 Å². The Kier molecular flexibility index (Phi) is 6.47. The Morgan fingerprint density at radius 2 is 1.77 bits per heavy atom. The van der Waals surface area contributed by atoms with Gasteiger partial charge in [-0.25, -0.2) is 12.8 Å². The van der Waals surface area contributed by atoms with Gasteiger partial charge in [-0.05, 0) is 43.2 Å². The van der Waals surface area contributed by atoms with E-state index in [0.29, 0.717) is 18.9 Å². The third-order valence-corrected chi connectivity index (χ3v) is 7.84. The Bertz CT molecular complexity index is 1080. The normalized spacial score (nSPS) is 17.7. The van der Waals surface area contributed by atoms with Crippen LogP contribution in [0.2, 0.25) is 5.02 Å². The fraction of sp³-hybridized carbons (Fsp3) is 0.381. The zero-order valence-corrected chi connectivity index (χ0v) is 18.4. The SMILES string of the molecule is O=C(Nc1c(F)cccc1N1CCCC1)c1ccc(Cl)c(S(=O)(=O)N2CCOCC2)c1. The van der Waals surface area contributed by atoms with E-state index in [0.717, 1.165) is 25.9 Å². The van der Waals surface area contributed by atoms with Crippen molar-refractivity contribution in [2.75, 3.05) is 49.6 Å². The summed E-state index contributed by atoms with van der Waals surface area (Å²) in [6.07, 6.45) is 2.01. The summed E-state index contributed by atoms with van der Waals surface area (Å²) in [6.45, 7) is 2.59. The van der Waals surface area contributed by atoms with E-state index >= 15 is 0 Å². The molecule has 0 radical (unpaired) electrons. The lowest BCUT2D eigenvalue weighted by molar-refractivity contribution is 0.0730. The van der Waals surface area contributed by atoms with Gasteiger partial charge >= 0.3 is 0 Å². The number of ether oxygens (including phenoxy) is 1. The highest BCUT2D eigenvalue weighted by Gasteiger charge is 2.29. The summed E-state index contributed by atoms with van der Waals surface area (Å²) in [5, 5.41) is 2.64. The molecule has 2 aromatic carbocycles. The number of sulfonamides is 1. The molecule has 7 nitrogen and oxygen atoms in total. The van der Waals surface area contributed by atoms with E-state index in [1.165, 1.54) is 28.6 Å². The fourth-order valence-electron chi connectivity index (χ4n) is 3.81. The second kappa shape index (κ2) is 9.12. The minimum atomic E-state index is -3.89. The molecule has 2 aromatic rings. The summed E-state index contributed by atoms with van der Waals surface area (Å²) in [6, 6.07) is 8.68. The van der Waals surface area contributed by atoms with E-state index in [1.807, 2.05) is 4.90 Å². The van der Waals surface area contributed by atoms with E-state index < -0.39 is 21.7 Å².